The maximum atomic E-state index is 13.4. The highest BCUT2D eigenvalue weighted by Crippen LogP contribution is 2.23. The third kappa shape index (κ3) is 2.37. The summed E-state index contributed by atoms with van der Waals surface area (Å²) in [5.74, 6) is -1.78. The lowest BCUT2D eigenvalue weighted by molar-refractivity contribution is -0.0509. The first kappa shape index (κ1) is 11.4. The van der Waals surface area contributed by atoms with Crippen LogP contribution in [0.25, 0.3) is 0 Å². The Morgan fingerprint density at radius 3 is 2.69 bits per heavy atom. The van der Waals surface area contributed by atoms with Gasteiger partial charge in [-0.3, -0.25) is 0 Å². The van der Waals surface area contributed by atoms with Crippen LogP contribution in [-0.4, -0.2) is 19.5 Å². The minimum atomic E-state index is -0.895. The van der Waals surface area contributed by atoms with Crippen molar-refractivity contribution in [2.24, 2.45) is 5.73 Å². The fourth-order valence-electron chi connectivity index (χ4n) is 1.68. The summed E-state index contributed by atoms with van der Waals surface area (Å²) in [6, 6.07) is 3.34. The number of halogens is 2. The lowest BCUT2D eigenvalue weighted by Gasteiger charge is -2.16. The summed E-state index contributed by atoms with van der Waals surface area (Å²) in [5, 5.41) is 0. The van der Waals surface area contributed by atoms with Crippen LogP contribution in [0.3, 0.4) is 0 Å². The van der Waals surface area contributed by atoms with Gasteiger partial charge < -0.3 is 15.2 Å². The first-order chi connectivity index (χ1) is 7.68. The molecule has 1 saturated heterocycles. The molecule has 88 valence electrons. The summed E-state index contributed by atoms with van der Waals surface area (Å²) in [4.78, 5) is 0. The zero-order chi connectivity index (χ0) is 11.5. The molecule has 16 heavy (non-hydrogen) atoms. The van der Waals surface area contributed by atoms with E-state index in [-0.39, 0.29) is 5.56 Å². The van der Waals surface area contributed by atoms with Gasteiger partial charge in [0.1, 0.15) is 0 Å². The van der Waals surface area contributed by atoms with Crippen LogP contribution in [-0.2, 0) is 9.47 Å². The molecule has 0 amide bonds. The van der Waals surface area contributed by atoms with Crippen molar-refractivity contribution in [3.63, 3.8) is 0 Å². The molecule has 1 fully saturated rings. The van der Waals surface area contributed by atoms with E-state index < -0.39 is 24.0 Å². The molecule has 1 aliphatic rings. The van der Waals surface area contributed by atoms with Crippen molar-refractivity contribution in [1.29, 1.82) is 0 Å². The maximum Gasteiger partial charge on any atom is 0.163 e. The molecule has 2 rings (SSSR count). The van der Waals surface area contributed by atoms with E-state index in [0.29, 0.717) is 19.6 Å². The minimum absolute atomic E-state index is 0.152. The van der Waals surface area contributed by atoms with Crippen molar-refractivity contribution >= 4 is 0 Å². The molecule has 0 bridgehead atoms. The molecule has 0 radical (unpaired) electrons. The van der Waals surface area contributed by atoms with E-state index in [1.54, 1.807) is 0 Å². The molecule has 0 saturated carbocycles. The Morgan fingerprint density at radius 1 is 1.31 bits per heavy atom. The number of ether oxygens (including phenoxy) is 2. The first-order valence-corrected chi connectivity index (χ1v) is 5.11. The molecule has 1 aromatic carbocycles. The average Bonchev–Trinajstić information content (AvgIpc) is 2.74. The fourth-order valence-corrected chi connectivity index (χ4v) is 1.68. The van der Waals surface area contributed by atoms with Gasteiger partial charge in [0.05, 0.1) is 13.2 Å². The Kier molecular flexibility index (Phi) is 3.48. The Hall–Kier alpha value is -1.04. The zero-order valence-electron chi connectivity index (χ0n) is 8.66. The third-order valence-corrected chi connectivity index (χ3v) is 2.52. The second kappa shape index (κ2) is 4.86. The molecule has 1 unspecified atom stereocenters. The molecular weight excluding hydrogens is 216 g/mol. The van der Waals surface area contributed by atoms with Crippen LogP contribution in [0.2, 0.25) is 0 Å². The van der Waals surface area contributed by atoms with E-state index >= 15 is 0 Å². The second-order valence-electron chi connectivity index (χ2n) is 3.66. The van der Waals surface area contributed by atoms with Crippen molar-refractivity contribution in [1.82, 2.24) is 0 Å². The summed E-state index contributed by atoms with van der Waals surface area (Å²) in [6.45, 7) is 1.03. The molecule has 1 atom stereocenters. The smallest absolute Gasteiger partial charge is 0.163 e. The van der Waals surface area contributed by atoms with Crippen molar-refractivity contribution < 1.29 is 18.3 Å². The van der Waals surface area contributed by atoms with Crippen LogP contribution in [0.1, 0.15) is 18.0 Å². The maximum absolute atomic E-state index is 13.4. The van der Waals surface area contributed by atoms with E-state index in [2.05, 4.69) is 0 Å². The molecule has 5 heteroatoms. The van der Waals surface area contributed by atoms with Gasteiger partial charge in [0.2, 0.25) is 0 Å². The predicted octanol–water partition coefficient (Wildman–Crippen LogP) is 1.73. The Labute approximate surface area is 92.1 Å². The summed E-state index contributed by atoms with van der Waals surface area (Å²) in [7, 11) is 0. The predicted molar refractivity (Wildman–Crippen MR) is 53.6 cm³/mol. The molecule has 0 aromatic heterocycles. The Balaban J connectivity index is 2.07. The van der Waals surface area contributed by atoms with Gasteiger partial charge in [0.15, 0.2) is 17.9 Å². The molecule has 1 heterocycles. The summed E-state index contributed by atoms with van der Waals surface area (Å²) in [5.41, 5.74) is 5.93. The lowest BCUT2D eigenvalue weighted by Crippen LogP contribution is -2.20. The van der Waals surface area contributed by atoms with Crippen molar-refractivity contribution in [2.75, 3.05) is 13.2 Å². The average molecular weight is 229 g/mol. The van der Waals surface area contributed by atoms with Crippen LogP contribution in [0, 0.1) is 11.6 Å². The van der Waals surface area contributed by atoms with Crippen LogP contribution in [0.5, 0.6) is 0 Å². The molecule has 2 N–H and O–H groups in total. The van der Waals surface area contributed by atoms with Crippen LogP contribution in [0.15, 0.2) is 18.2 Å². The molecule has 0 spiro atoms. The van der Waals surface area contributed by atoms with E-state index in [1.165, 1.54) is 12.1 Å². The minimum Gasteiger partial charge on any atom is -0.350 e. The van der Waals surface area contributed by atoms with Crippen LogP contribution in [0.4, 0.5) is 8.78 Å². The zero-order valence-corrected chi connectivity index (χ0v) is 8.66. The second-order valence-corrected chi connectivity index (χ2v) is 3.66. The lowest BCUT2D eigenvalue weighted by atomic mass is 10.0. The molecular formula is C11H13F2NO2. The molecule has 0 aliphatic carbocycles. The summed E-state index contributed by atoms with van der Waals surface area (Å²) < 4.78 is 36.7. The van der Waals surface area contributed by atoms with Gasteiger partial charge in [0, 0.05) is 18.0 Å². The van der Waals surface area contributed by atoms with Crippen LogP contribution >= 0.6 is 0 Å². The number of rotatable bonds is 3. The van der Waals surface area contributed by atoms with Gasteiger partial charge in [-0.1, -0.05) is 12.1 Å². The van der Waals surface area contributed by atoms with E-state index in [1.807, 2.05) is 0 Å². The number of hydrogen-bond acceptors (Lipinski definition) is 3. The van der Waals surface area contributed by atoms with E-state index in [4.69, 9.17) is 15.2 Å². The highest BCUT2D eigenvalue weighted by atomic mass is 19.2. The van der Waals surface area contributed by atoms with Gasteiger partial charge in [-0.2, -0.15) is 0 Å². The number of hydrogen-bond donors (Lipinski definition) is 1. The standard InChI is InChI=1S/C11H13F2NO2/c12-8-3-1-2-7(11(8)13)9(14)6-10-15-4-5-16-10/h1-3,9-10H,4-6,14H2. The number of benzene rings is 1. The summed E-state index contributed by atoms with van der Waals surface area (Å²) in [6.07, 6.45) is -0.0990. The van der Waals surface area contributed by atoms with Gasteiger partial charge in [-0.05, 0) is 6.07 Å². The van der Waals surface area contributed by atoms with E-state index in [9.17, 15) is 8.78 Å². The first-order valence-electron chi connectivity index (χ1n) is 5.11. The fraction of sp³-hybridized carbons (Fsp3) is 0.455. The van der Waals surface area contributed by atoms with Gasteiger partial charge in [-0.15, -0.1) is 0 Å². The number of nitrogens with two attached hydrogens (primary N) is 1. The Bertz CT molecular complexity index is 367. The Morgan fingerprint density at radius 2 is 2.00 bits per heavy atom. The molecule has 3 nitrogen and oxygen atoms in total. The van der Waals surface area contributed by atoms with Crippen molar-refractivity contribution in [2.45, 2.75) is 18.8 Å². The van der Waals surface area contributed by atoms with Gasteiger partial charge in [-0.25, -0.2) is 8.78 Å². The normalized spacial score (nSPS) is 18.9. The topological polar surface area (TPSA) is 44.5 Å². The summed E-state index contributed by atoms with van der Waals surface area (Å²) >= 11 is 0. The van der Waals surface area contributed by atoms with E-state index in [0.717, 1.165) is 6.07 Å². The largest absolute Gasteiger partial charge is 0.350 e. The van der Waals surface area contributed by atoms with Crippen molar-refractivity contribution in [3.8, 4) is 0 Å². The molecule has 1 aromatic rings. The quantitative estimate of drug-likeness (QED) is 0.858. The highest BCUT2D eigenvalue weighted by molar-refractivity contribution is 5.22. The highest BCUT2D eigenvalue weighted by Gasteiger charge is 2.22. The van der Waals surface area contributed by atoms with Gasteiger partial charge in [0.25, 0.3) is 0 Å². The monoisotopic (exact) mass is 229 g/mol. The third-order valence-electron chi connectivity index (χ3n) is 2.52. The van der Waals surface area contributed by atoms with Crippen molar-refractivity contribution in [3.05, 3.63) is 35.4 Å². The molecule has 1 aliphatic heterocycles. The van der Waals surface area contributed by atoms with Gasteiger partial charge >= 0.3 is 0 Å². The SMILES string of the molecule is NC(CC1OCCO1)c1cccc(F)c1F. The van der Waals surface area contributed by atoms with Crippen LogP contribution < -0.4 is 5.73 Å².